The first-order valence-electron chi connectivity index (χ1n) is 9.68. The van der Waals surface area contributed by atoms with Crippen molar-refractivity contribution < 1.29 is 27.4 Å². The zero-order chi connectivity index (χ0) is 20.1. The van der Waals surface area contributed by atoms with Crippen LogP contribution >= 0.6 is 0 Å². The molecule has 0 aromatic heterocycles. The fraction of sp³-hybridized carbons (Fsp3) is 0.455. The minimum atomic E-state index is -1.07. The van der Waals surface area contributed by atoms with Gasteiger partial charge in [-0.2, -0.15) is 0 Å². The number of ether oxygens (including phenoxy) is 3. The number of hydrogen-bond donors (Lipinski definition) is 0. The molecule has 3 nitrogen and oxygen atoms in total. The first-order valence-corrected chi connectivity index (χ1v) is 9.68. The van der Waals surface area contributed by atoms with Gasteiger partial charge < -0.3 is 14.2 Å². The van der Waals surface area contributed by atoms with Gasteiger partial charge in [0, 0.05) is 29.4 Å². The second-order valence-electron chi connectivity index (χ2n) is 6.80. The summed E-state index contributed by atoms with van der Waals surface area (Å²) in [4.78, 5) is 0. The van der Waals surface area contributed by atoms with E-state index in [1.807, 2.05) is 13.8 Å². The summed E-state index contributed by atoms with van der Waals surface area (Å²) >= 11 is 0. The molecule has 1 aliphatic rings. The SMILES string of the molecule is CCCOc1ccc(-c2ccc(C3CCC(OCC)CO3)c(F)c2F)c(F)c1. The van der Waals surface area contributed by atoms with Crippen molar-refractivity contribution in [2.75, 3.05) is 19.8 Å². The molecule has 2 aromatic rings. The average Bonchev–Trinajstić information content (AvgIpc) is 2.70. The summed E-state index contributed by atoms with van der Waals surface area (Å²) < 4.78 is 60.4. The van der Waals surface area contributed by atoms with E-state index in [1.54, 1.807) is 6.07 Å². The van der Waals surface area contributed by atoms with E-state index in [0.717, 1.165) is 12.8 Å². The second-order valence-corrected chi connectivity index (χ2v) is 6.80. The zero-order valence-corrected chi connectivity index (χ0v) is 16.1. The molecule has 0 radical (unpaired) electrons. The maximum Gasteiger partial charge on any atom is 0.167 e. The number of rotatable bonds is 7. The van der Waals surface area contributed by atoms with Crippen molar-refractivity contribution in [3.8, 4) is 16.9 Å². The lowest BCUT2D eigenvalue weighted by Gasteiger charge is -2.29. The lowest BCUT2D eigenvalue weighted by Crippen LogP contribution is -2.28. The minimum absolute atomic E-state index is 0.00669. The Balaban J connectivity index is 1.81. The number of benzene rings is 2. The summed E-state index contributed by atoms with van der Waals surface area (Å²) in [5.74, 6) is -2.37. The van der Waals surface area contributed by atoms with Crippen LogP contribution in [0.3, 0.4) is 0 Å². The van der Waals surface area contributed by atoms with Gasteiger partial charge >= 0.3 is 0 Å². The third-order valence-corrected chi connectivity index (χ3v) is 4.80. The van der Waals surface area contributed by atoms with Crippen molar-refractivity contribution in [1.82, 2.24) is 0 Å². The second kappa shape index (κ2) is 9.43. The Hall–Kier alpha value is -2.05. The van der Waals surface area contributed by atoms with Crippen molar-refractivity contribution in [3.63, 3.8) is 0 Å². The zero-order valence-electron chi connectivity index (χ0n) is 16.1. The van der Waals surface area contributed by atoms with Crippen molar-refractivity contribution in [1.29, 1.82) is 0 Å². The number of hydrogen-bond acceptors (Lipinski definition) is 3. The van der Waals surface area contributed by atoms with E-state index in [9.17, 15) is 13.2 Å². The summed E-state index contributed by atoms with van der Waals surface area (Å²) in [6.07, 6.45) is 1.50. The third kappa shape index (κ3) is 4.50. The molecule has 1 heterocycles. The van der Waals surface area contributed by atoms with Crippen LogP contribution in [0.25, 0.3) is 11.1 Å². The Bertz CT molecular complexity index is 802. The topological polar surface area (TPSA) is 27.7 Å². The van der Waals surface area contributed by atoms with E-state index in [2.05, 4.69) is 0 Å². The van der Waals surface area contributed by atoms with Gasteiger partial charge in [-0.05, 0) is 38.3 Å². The summed E-state index contributed by atoms with van der Waals surface area (Å²) in [5.41, 5.74) is 0.0241. The van der Waals surface area contributed by atoms with E-state index in [1.165, 1.54) is 24.3 Å². The van der Waals surface area contributed by atoms with Gasteiger partial charge in [0.2, 0.25) is 0 Å². The van der Waals surface area contributed by atoms with Crippen LogP contribution in [0.5, 0.6) is 5.75 Å². The molecule has 0 amide bonds. The van der Waals surface area contributed by atoms with E-state index in [-0.39, 0.29) is 22.8 Å². The van der Waals surface area contributed by atoms with Gasteiger partial charge in [0.1, 0.15) is 11.6 Å². The highest BCUT2D eigenvalue weighted by Crippen LogP contribution is 2.36. The van der Waals surface area contributed by atoms with Gasteiger partial charge in [0.05, 0.1) is 25.4 Å². The smallest absolute Gasteiger partial charge is 0.167 e. The molecule has 3 rings (SSSR count). The maximum atomic E-state index is 14.7. The van der Waals surface area contributed by atoms with Gasteiger partial charge in [-0.3, -0.25) is 0 Å². The van der Waals surface area contributed by atoms with E-state index in [4.69, 9.17) is 14.2 Å². The Morgan fingerprint density at radius 2 is 1.79 bits per heavy atom. The van der Waals surface area contributed by atoms with E-state index >= 15 is 0 Å². The van der Waals surface area contributed by atoms with Crippen molar-refractivity contribution in [2.24, 2.45) is 0 Å². The molecule has 1 saturated heterocycles. The van der Waals surface area contributed by atoms with Crippen LogP contribution in [0.15, 0.2) is 30.3 Å². The van der Waals surface area contributed by atoms with Gasteiger partial charge in [-0.25, -0.2) is 13.2 Å². The summed E-state index contributed by atoms with van der Waals surface area (Å²) in [6, 6.07) is 7.02. The molecule has 2 aromatic carbocycles. The first-order chi connectivity index (χ1) is 13.5. The van der Waals surface area contributed by atoms with Gasteiger partial charge in [-0.1, -0.05) is 19.1 Å². The molecule has 152 valence electrons. The highest BCUT2D eigenvalue weighted by Gasteiger charge is 2.27. The fourth-order valence-corrected chi connectivity index (χ4v) is 3.38. The minimum Gasteiger partial charge on any atom is -0.494 e. The Morgan fingerprint density at radius 3 is 2.43 bits per heavy atom. The van der Waals surface area contributed by atoms with Crippen LogP contribution < -0.4 is 4.74 Å². The van der Waals surface area contributed by atoms with Gasteiger partial charge in [-0.15, -0.1) is 0 Å². The molecule has 0 aliphatic carbocycles. The predicted molar refractivity (Wildman–Crippen MR) is 101 cm³/mol. The summed E-state index contributed by atoms with van der Waals surface area (Å²) in [6.45, 7) is 5.24. The predicted octanol–water partition coefficient (Wildman–Crippen LogP) is 5.82. The molecular formula is C22H25F3O3. The molecule has 6 heteroatoms. The fourth-order valence-electron chi connectivity index (χ4n) is 3.38. The molecule has 2 atom stereocenters. The van der Waals surface area contributed by atoms with Crippen LogP contribution in [0.4, 0.5) is 13.2 Å². The van der Waals surface area contributed by atoms with E-state index < -0.39 is 23.6 Å². The van der Waals surface area contributed by atoms with Gasteiger partial charge in [0.25, 0.3) is 0 Å². The molecular weight excluding hydrogens is 369 g/mol. The van der Waals surface area contributed by atoms with Crippen molar-refractivity contribution in [3.05, 3.63) is 53.3 Å². The third-order valence-electron chi connectivity index (χ3n) is 4.80. The summed E-state index contributed by atoms with van der Waals surface area (Å²) in [7, 11) is 0. The quantitative estimate of drug-likeness (QED) is 0.593. The molecule has 2 unspecified atom stereocenters. The van der Waals surface area contributed by atoms with Crippen LogP contribution in [-0.2, 0) is 9.47 Å². The first kappa shape index (κ1) is 20.7. The van der Waals surface area contributed by atoms with Crippen LogP contribution in [-0.4, -0.2) is 25.9 Å². The number of halogens is 3. The van der Waals surface area contributed by atoms with Crippen LogP contribution in [0.2, 0.25) is 0 Å². The Morgan fingerprint density at radius 1 is 1.00 bits per heavy atom. The van der Waals surface area contributed by atoms with Crippen molar-refractivity contribution >= 4 is 0 Å². The largest absolute Gasteiger partial charge is 0.494 e. The highest BCUT2D eigenvalue weighted by atomic mass is 19.2. The normalized spacial score (nSPS) is 19.6. The van der Waals surface area contributed by atoms with Crippen LogP contribution in [0.1, 0.15) is 44.8 Å². The Kier molecular flexibility index (Phi) is 6.97. The molecule has 0 saturated carbocycles. The molecule has 0 spiro atoms. The molecule has 1 aliphatic heterocycles. The molecule has 1 fully saturated rings. The maximum absolute atomic E-state index is 14.7. The van der Waals surface area contributed by atoms with Gasteiger partial charge in [0.15, 0.2) is 11.6 Å². The molecule has 0 bridgehead atoms. The monoisotopic (exact) mass is 394 g/mol. The lowest BCUT2D eigenvalue weighted by molar-refractivity contribution is -0.0850. The highest BCUT2D eigenvalue weighted by molar-refractivity contribution is 5.66. The standard InChI is InChI=1S/C22H25F3O3/c1-3-11-27-14-5-7-16(19(23)12-14)17-8-9-18(22(25)21(17)24)20-10-6-15(13-28-20)26-4-2/h5,7-9,12,15,20H,3-4,6,10-11,13H2,1-2H3. The van der Waals surface area contributed by atoms with E-state index in [0.29, 0.717) is 32.0 Å². The molecule has 28 heavy (non-hydrogen) atoms. The lowest BCUT2D eigenvalue weighted by atomic mass is 9.96. The molecule has 0 N–H and O–H groups in total. The van der Waals surface area contributed by atoms with Crippen molar-refractivity contribution in [2.45, 2.75) is 45.3 Å². The Labute approximate surface area is 163 Å². The summed E-state index contributed by atoms with van der Waals surface area (Å²) in [5, 5.41) is 0. The average molecular weight is 394 g/mol. The van der Waals surface area contributed by atoms with Crippen LogP contribution in [0, 0.1) is 17.5 Å².